The molecule has 0 fully saturated rings. The van der Waals surface area contributed by atoms with Crippen LogP contribution in [0.4, 0.5) is 0 Å². The zero-order chi connectivity index (χ0) is 18.2. The Morgan fingerprint density at radius 1 is 0.963 bits per heavy atom. The average molecular weight is 370 g/mol. The van der Waals surface area contributed by atoms with Gasteiger partial charge in [-0.25, -0.2) is 9.97 Å². The van der Waals surface area contributed by atoms with Crippen LogP contribution in [-0.2, 0) is 0 Å². The Labute approximate surface area is 160 Å². The van der Waals surface area contributed by atoms with Crippen molar-refractivity contribution in [1.82, 2.24) is 9.97 Å². The molecular weight excluding hydrogens is 354 g/mol. The number of ether oxygens (including phenoxy) is 1. The van der Waals surface area contributed by atoms with Gasteiger partial charge in [0.25, 0.3) is 6.33 Å². The molecule has 3 aromatic heterocycles. The molecular formula is C22H16N3OS+. The molecule has 0 atom stereocenters. The van der Waals surface area contributed by atoms with Crippen LogP contribution in [0.5, 0.6) is 11.6 Å². The fourth-order valence-electron chi connectivity index (χ4n) is 3.11. The summed E-state index contributed by atoms with van der Waals surface area (Å²) in [6.45, 7) is 1.98. The Bertz CT molecular complexity index is 1260. The first-order chi connectivity index (χ1) is 13.3. The Kier molecular flexibility index (Phi) is 3.80. The first kappa shape index (κ1) is 15.9. The number of H-pyrrole nitrogens is 1. The summed E-state index contributed by atoms with van der Waals surface area (Å²) in [4.78, 5) is 14.5. The van der Waals surface area contributed by atoms with Crippen molar-refractivity contribution in [2.45, 2.75) is 6.92 Å². The second-order valence-electron chi connectivity index (χ2n) is 6.31. The van der Waals surface area contributed by atoms with Gasteiger partial charge in [0.05, 0.1) is 0 Å². The van der Waals surface area contributed by atoms with Crippen LogP contribution in [0.3, 0.4) is 0 Å². The number of hydrogen-bond donors (Lipinski definition) is 0. The third kappa shape index (κ3) is 2.92. The lowest BCUT2D eigenvalue weighted by atomic mass is 10.2. The molecule has 0 aliphatic carbocycles. The Balaban J connectivity index is 1.62. The number of thiophene rings is 1. The van der Waals surface area contributed by atoms with Crippen LogP contribution >= 0.6 is 11.3 Å². The van der Waals surface area contributed by atoms with Gasteiger partial charge in [-0.1, -0.05) is 59.9 Å². The molecule has 5 heteroatoms. The smallest absolute Gasteiger partial charge is 0.345 e. The molecule has 27 heavy (non-hydrogen) atoms. The zero-order valence-electron chi connectivity index (χ0n) is 14.6. The highest BCUT2D eigenvalue weighted by Gasteiger charge is 2.18. The molecule has 5 rings (SSSR count). The number of hydrogen-bond acceptors (Lipinski definition) is 4. The maximum atomic E-state index is 6.22. The topological polar surface area (TPSA) is 49.2 Å². The van der Waals surface area contributed by atoms with Gasteiger partial charge >= 0.3 is 5.88 Å². The van der Waals surface area contributed by atoms with Crippen LogP contribution < -0.4 is 9.72 Å². The third-order valence-electron chi connectivity index (χ3n) is 4.43. The number of para-hydroxylation sites is 1. The van der Waals surface area contributed by atoms with Crippen LogP contribution in [0.15, 0.2) is 73.1 Å². The molecule has 0 saturated carbocycles. The lowest BCUT2D eigenvalue weighted by Gasteiger charge is -2.06. The first-order valence-corrected chi connectivity index (χ1v) is 9.49. The molecule has 0 unspecified atom stereocenters. The Hall–Kier alpha value is -3.31. The van der Waals surface area contributed by atoms with Gasteiger partial charge in [0.2, 0.25) is 0 Å². The summed E-state index contributed by atoms with van der Waals surface area (Å²) in [5.41, 5.74) is 2.99. The summed E-state index contributed by atoms with van der Waals surface area (Å²) in [6, 6.07) is 22.5. The summed E-state index contributed by atoms with van der Waals surface area (Å²) in [5, 5.41) is 2.01. The zero-order valence-corrected chi connectivity index (χ0v) is 15.5. The van der Waals surface area contributed by atoms with E-state index in [1.165, 1.54) is 10.4 Å². The average Bonchev–Trinajstić information content (AvgIpc) is 3.15. The van der Waals surface area contributed by atoms with Crippen molar-refractivity contribution in [2.75, 3.05) is 0 Å². The molecule has 4 nitrogen and oxygen atoms in total. The number of rotatable bonds is 3. The molecule has 2 aromatic carbocycles. The predicted molar refractivity (Wildman–Crippen MR) is 108 cm³/mol. The molecule has 0 amide bonds. The maximum absolute atomic E-state index is 6.22. The summed E-state index contributed by atoms with van der Waals surface area (Å²) >= 11 is 1.69. The SMILES string of the molecule is Cc1ccc2cccc(Oc3nc[nH+]c4sc(-c5ccccc5)cc34)c2n1. The molecule has 0 aliphatic rings. The van der Waals surface area contributed by atoms with Gasteiger partial charge in [-0.15, -0.1) is 0 Å². The molecule has 0 radical (unpaired) electrons. The first-order valence-electron chi connectivity index (χ1n) is 8.68. The quantitative estimate of drug-likeness (QED) is 0.426. The molecule has 130 valence electrons. The highest BCUT2D eigenvalue weighted by molar-refractivity contribution is 7.21. The van der Waals surface area contributed by atoms with Gasteiger partial charge in [-0.05, 0) is 35.7 Å². The number of aromatic amines is 1. The molecule has 3 heterocycles. The van der Waals surface area contributed by atoms with Crippen molar-refractivity contribution in [1.29, 1.82) is 0 Å². The summed E-state index contributed by atoms with van der Waals surface area (Å²) in [6.07, 6.45) is 1.67. The number of fused-ring (bicyclic) bond motifs is 2. The monoisotopic (exact) mass is 370 g/mol. The molecule has 0 bridgehead atoms. The lowest BCUT2D eigenvalue weighted by molar-refractivity contribution is -0.346. The van der Waals surface area contributed by atoms with Gasteiger partial charge in [0.15, 0.2) is 10.6 Å². The van der Waals surface area contributed by atoms with E-state index in [0.29, 0.717) is 11.6 Å². The van der Waals surface area contributed by atoms with E-state index in [-0.39, 0.29) is 0 Å². The van der Waals surface area contributed by atoms with Crippen molar-refractivity contribution in [3.05, 3.63) is 78.8 Å². The number of aryl methyl sites for hydroxylation is 1. The van der Waals surface area contributed by atoms with Crippen molar-refractivity contribution >= 4 is 32.5 Å². The van der Waals surface area contributed by atoms with E-state index in [9.17, 15) is 0 Å². The van der Waals surface area contributed by atoms with Crippen LogP contribution in [0.1, 0.15) is 5.69 Å². The molecule has 0 saturated heterocycles. The minimum Gasteiger partial charge on any atom is -0.417 e. The van der Waals surface area contributed by atoms with Crippen LogP contribution in [0.2, 0.25) is 0 Å². The van der Waals surface area contributed by atoms with Gasteiger partial charge in [0, 0.05) is 16.0 Å². The second kappa shape index (κ2) is 6.45. The fourth-order valence-corrected chi connectivity index (χ4v) is 4.12. The normalized spacial score (nSPS) is 11.1. The number of benzene rings is 2. The van der Waals surface area contributed by atoms with Gasteiger partial charge < -0.3 is 4.74 Å². The van der Waals surface area contributed by atoms with Gasteiger partial charge in [-0.2, -0.15) is 0 Å². The van der Waals surface area contributed by atoms with E-state index in [4.69, 9.17) is 4.74 Å². The third-order valence-corrected chi connectivity index (χ3v) is 5.54. The lowest BCUT2D eigenvalue weighted by Crippen LogP contribution is -2.03. The van der Waals surface area contributed by atoms with E-state index in [2.05, 4.69) is 39.2 Å². The predicted octanol–water partition coefficient (Wildman–Crippen LogP) is 5.43. The van der Waals surface area contributed by atoms with E-state index >= 15 is 0 Å². The molecule has 0 spiro atoms. The van der Waals surface area contributed by atoms with Gasteiger partial charge in [-0.3, -0.25) is 0 Å². The highest BCUT2D eigenvalue weighted by atomic mass is 32.1. The van der Waals surface area contributed by atoms with Gasteiger partial charge in [0.1, 0.15) is 10.9 Å². The second-order valence-corrected chi connectivity index (χ2v) is 7.36. The number of pyridine rings is 1. The maximum Gasteiger partial charge on any atom is 0.345 e. The summed E-state index contributed by atoms with van der Waals surface area (Å²) < 4.78 is 6.22. The summed E-state index contributed by atoms with van der Waals surface area (Å²) in [5.74, 6) is 1.29. The number of nitrogens with one attached hydrogen (secondary N) is 1. The highest BCUT2D eigenvalue weighted by Crippen LogP contribution is 2.37. The minimum atomic E-state index is 0.581. The van der Waals surface area contributed by atoms with Crippen LogP contribution in [0.25, 0.3) is 31.6 Å². The van der Waals surface area contributed by atoms with Crippen LogP contribution in [-0.4, -0.2) is 9.97 Å². The van der Waals surface area contributed by atoms with E-state index in [1.807, 2.05) is 49.4 Å². The van der Waals surface area contributed by atoms with Crippen molar-refractivity contribution < 1.29 is 9.72 Å². The number of nitrogens with zero attached hydrogens (tertiary/aromatic N) is 2. The Morgan fingerprint density at radius 2 is 1.85 bits per heavy atom. The van der Waals surface area contributed by atoms with Crippen molar-refractivity contribution in [3.63, 3.8) is 0 Å². The fraction of sp³-hybridized carbons (Fsp3) is 0.0455. The van der Waals surface area contributed by atoms with E-state index in [0.717, 1.165) is 26.8 Å². The van der Waals surface area contributed by atoms with E-state index in [1.54, 1.807) is 17.7 Å². The number of aromatic nitrogens is 3. The van der Waals surface area contributed by atoms with E-state index < -0.39 is 0 Å². The molecule has 0 aliphatic heterocycles. The van der Waals surface area contributed by atoms with Crippen molar-refractivity contribution in [3.8, 4) is 22.1 Å². The molecule has 1 N–H and O–H groups in total. The molecule has 5 aromatic rings. The van der Waals surface area contributed by atoms with Crippen molar-refractivity contribution in [2.24, 2.45) is 0 Å². The Morgan fingerprint density at radius 3 is 2.74 bits per heavy atom. The standard InChI is InChI=1S/C22H15N3OS/c1-14-10-11-16-8-5-9-18(20(16)25-14)26-21-17-12-19(15-6-3-2-4-7-15)27-22(17)24-13-23-21/h2-13H,1H3/p+1. The minimum absolute atomic E-state index is 0.581. The largest absolute Gasteiger partial charge is 0.417 e. The summed E-state index contributed by atoms with van der Waals surface area (Å²) in [7, 11) is 0. The van der Waals surface area contributed by atoms with Crippen LogP contribution in [0, 0.1) is 6.92 Å².